The molecular weight excluding hydrogens is 569 g/mol. The number of hydrogen-bond acceptors (Lipinski definition) is 2. The number of rotatable bonds is 39. The second-order valence-electron chi connectivity index (χ2n) is 15.7. The van der Waals surface area contributed by atoms with Crippen molar-refractivity contribution in [3.8, 4) is 0 Å². The average molecular weight is 659 g/mol. The van der Waals surface area contributed by atoms with Gasteiger partial charge in [-0.15, -0.1) is 0 Å². The molecule has 0 N–H and O–H groups in total. The fourth-order valence-electron chi connectivity index (χ4n) is 7.78. The maximum absolute atomic E-state index is 2.73. The maximum Gasteiger partial charge on any atom is 0.101 e. The molecule has 1 rings (SSSR count). The van der Waals surface area contributed by atoms with Crippen LogP contribution in [-0.4, -0.2) is 29.1 Å². The van der Waals surface area contributed by atoms with E-state index in [9.17, 15) is 0 Å². The Labute approximate surface area is 299 Å². The summed E-state index contributed by atoms with van der Waals surface area (Å²) in [6.45, 7) is 9.49. The number of hydrogen-bond donors (Lipinski definition) is 0. The fraction of sp³-hybridized carbons (Fsp3) is 0.956. The Balaban J connectivity index is 2.19. The molecule has 0 spiro atoms. The van der Waals surface area contributed by atoms with Crippen molar-refractivity contribution >= 4 is 0 Å². The van der Waals surface area contributed by atoms with E-state index in [0.717, 1.165) is 0 Å². The normalized spacial score (nSPS) is 14.7. The summed E-state index contributed by atoms with van der Waals surface area (Å²) in [6, 6.07) is 0. The summed E-state index contributed by atoms with van der Waals surface area (Å²) in [5.41, 5.74) is 0. The molecule has 2 nitrogen and oxygen atoms in total. The largest absolute Gasteiger partial charge is 0.356 e. The van der Waals surface area contributed by atoms with Crippen molar-refractivity contribution in [1.82, 2.24) is 9.80 Å². The molecule has 0 amide bonds. The smallest absolute Gasteiger partial charge is 0.101 e. The lowest BCUT2D eigenvalue weighted by Crippen LogP contribution is -2.39. The Morgan fingerprint density at radius 3 is 0.745 bits per heavy atom. The van der Waals surface area contributed by atoms with E-state index in [1.165, 1.54) is 251 Å². The van der Waals surface area contributed by atoms with Gasteiger partial charge in [0, 0.05) is 25.5 Å². The lowest BCUT2D eigenvalue weighted by atomic mass is 10.0. The maximum atomic E-state index is 2.73. The van der Waals surface area contributed by atoms with Gasteiger partial charge in [-0.25, -0.2) is 0 Å². The van der Waals surface area contributed by atoms with E-state index in [-0.39, 0.29) is 0 Å². The van der Waals surface area contributed by atoms with Crippen LogP contribution in [0.1, 0.15) is 258 Å². The second kappa shape index (κ2) is 36.6. The molecule has 1 heterocycles. The van der Waals surface area contributed by atoms with Crippen LogP contribution in [0.5, 0.6) is 0 Å². The second-order valence-corrected chi connectivity index (χ2v) is 15.7. The highest BCUT2D eigenvalue weighted by atomic mass is 15.4. The van der Waals surface area contributed by atoms with Crippen LogP contribution in [0.25, 0.3) is 0 Å². The summed E-state index contributed by atoms with van der Waals surface area (Å²) < 4.78 is 0. The van der Waals surface area contributed by atoms with Crippen molar-refractivity contribution in [2.45, 2.75) is 265 Å². The van der Waals surface area contributed by atoms with E-state index in [0.29, 0.717) is 6.17 Å². The molecule has 0 aromatic heterocycles. The molecule has 1 unspecified atom stereocenters. The van der Waals surface area contributed by atoms with Crippen molar-refractivity contribution in [3.63, 3.8) is 0 Å². The average Bonchev–Trinajstić information content (AvgIpc) is 3.47. The van der Waals surface area contributed by atoms with Gasteiger partial charge >= 0.3 is 0 Å². The summed E-state index contributed by atoms with van der Waals surface area (Å²) in [4.78, 5) is 5.46. The Hall–Kier alpha value is -0.660. The quantitative estimate of drug-likeness (QED) is 0.0606. The molecule has 0 saturated carbocycles. The summed E-state index contributed by atoms with van der Waals surface area (Å²) >= 11 is 0. The van der Waals surface area contributed by atoms with Crippen molar-refractivity contribution in [2.24, 2.45) is 0 Å². The SMILES string of the molecule is CCCCCCCCCCCCCCCCCN1C=CN(CCCCCCCCCCCCC)C1CCCCCCCCCCCC. The Kier molecular flexibility index (Phi) is 34.6. The van der Waals surface area contributed by atoms with Crippen molar-refractivity contribution in [2.75, 3.05) is 13.1 Å². The van der Waals surface area contributed by atoms with Gasteiger partial charge < -0.3 is 9.80 Å². The zero-order valence-electron chi connectivity index (χ0n) is 33.2. The Morgan fingerprint density at radius 1 is 0.277 bits per heavy atom. The molecular formula is C45H90N2. The zero-order valence-corrected chi connectivity index (χ0v) is 33.2. The molecule has 1 aliphatic rings. The Bertz CT molecular complexity index is 615. The molecule has 1 atom stereocenters. The van der Waals surface area contributed by atoms with Crippen molar-refractivity contribution in [1.29, 1.82) is 0 Å². The van der Waals surface area contributed by atoms with Crippen molar-refractivity contribution < 1.29 is 0 Å². The van der Waals surface area contributed by atoms with Crippen LogP contribution in [0.15, 0.2) is 12.4 Å². The van der Waals surface area contributed by atoms with Crippen LogP contribution in [0.3, 0.4) is 0 Å². The van der Waals surface area contributed by atoms with E-state index in [1.54, 1.807) is 0 Å². The third-order valence-corrected chi connectivity index (χ3v) is 11.1. The third kappa shape index (κ3) is 28.8. The molecule has 0 bridgehead atoms. The Morgan fingerprint density at radius 2 is 0.489 bits per heavy atom. The van der Waals surface area contributed by atoms with Crippen LogP contribution < -0.4 is 0 Å². The minimum atomic E-state index is 0.638. The highest BCUT2D eigenvalue weighted by molar-refractivity contribution is 4.97. The zero-order chi connectivity index (χ0) is 33.7. The van der Waals surface area contributed by atoms with Gasteiger partial charge in [-0.05, 0) is 25.7 Å². The minimum Gasteiger partial charge on any atom is -0.356 e. The van der Waals surface area contributed by atoms with Gasteiger partial charge in [-0.2, -0.15) is 0 Å². The lowest BCUT2D eigenvalue weighted by Gasteiger charge is -2.33. The van der Waals surface area contributed by atoms with Gasteiger partial charge in [0.15, 0.2) is 0 Å². The first-order chi connectivity index (χ1) is 23.3. The molecule has 280 valence electrons. The molecule has 0 radical (unpaired) electrons. The lowest BCUT2D eigenvalue weighted by molar-refractivity contribution is 0.135. The van der Waals surface area contributed by atoms with Crippen LogP contribution in [-0.2, 0) is 0 Å². The topological polar surface area (TPSA) is 6.48 Å². The van der Waals surface area contributed by atoms with Crippen LogP contribution in [0, 0.1) is 0 Å². The monoisotopic (exact) mass is 659 g/mol. The van der Waals surface area contributed by atoms with E-state index in [2.05, 4.69) is 43.0 Å². The summed E-state index contributed by atoms with van der Waals surface area (Å²) in [5, 5.41) is 0. The van der Waals surface area contributed by atoms with Crippen LogP contribution >= 0.6 is 0 Å². The molecule has 47 heavy (non-hydrogen) atoms. The fourth-order valence-corrected chi connectivity index (χ4v) is 7.78. The number of nitrogens with zero attached hydrogens (tertiary/aromatic N) is 2. The summed E-state index contributed by atoms with van der Waals surface area (Å²) in [7, 11) is 0. The number of unbranched alkanes of at least 4 members (excludes halogenated alkanes) is 33. The third-order valence-electron chi connectivity index (χ3n) is 11.1. The van der Waals surface area contributed by atoms with Crippen molar-refractivity contribution in [3.05, 3.63) is 12.4 Å². The van der Waals surface area contributed by atoms with Gasteiger partial charge in [0.25, 0.3) is 0 Å². The molecule has 0 aromatic carbocycles. The first kappa shape index (κ1) is 44.4. The molecule has 0 aromatic rings. The van der Waals surface area contributed by atoms with E-state index in [4.69, 9.17) is 0 Å². The summed E-state index contributed by atoms with van der Waals surface area (Å²) in [5.74, 6) is 0. The van der Waals surface area contributed by atoms with Gasteiger partial charge in [0.05, 0.1) is 0 Å². The molecule has 0 fully saturated rings. The van der Waals surface area contributed by atoms with E-state index < -0.39 is 0 Å². The first-order valence-corrected chi connectivity index (χ1v) is 22.5. The van der Waals surface area contributed by atoms with Gasteiger partial charge in [-0.3, -0.25) is 0 Å². The van der Waals surface area contributed by atoms with E-state index >= 15 is 0 Å². The van der Waals surface area contributed by atoms with Gasteiger partial charge in [-0.1, -0.05) is 233 Å². The van der Waals surface area contributed by atoms with Gasteiger partial charge in [0.2, 0.25) is 0 Å². The summed E-state index contributed by atoms with van der Waals surface area (Å²) in [6.07, 6.45) is 58.9. The molecule has 0 saturated heterocycles. The highest BCUT2D eigenvalue weighted by Crippen LogP contribution is 2.24. The first-order valence-electron chi connectivity index (χ1n) is 22.5. The minimum absolute atomic E-state index is 0.638. The molecule has 2 heteroatoms. The molecule has 0 aliphatic carbocycles. The van der Waals surface area contributed by atoms with E-state index in [1.807, 2.05) is 0 Å². The highest BCUT2D eigenvalue weighted by Gasteiger charge is 2.24. The molecule has 1 aliphatic heterocycles. The van der Waals surface area contributed by atoms with Gasteiger partial charge in [0.1, 0.15) is 6.17 Å². The van der Waals surface area contributed by atoms with Crippen LogP contribution in [0.4, 0.5) is 0 Å². The standard InChI is InChI=1S/C45H90N2/c1-4-7-10-13-16-19-22-23-24-25-27-30-33-36-39-42-47-44-43-46(41-38-35-32-29-26-20-17-14-11-8-5-2)45(47)40-37-34-31-28-21-18-15-12-9-6-3/h43-45H,4-42H2,1-3H3. The predicted molar refractivity (Wildman–Crippen MR) is 214 cm³/mol. The predicted octanol–water partition coefficient (Wildman–Crippen LogP) is 15.9. The van der Waals surface area contributed by atoms with Crippen LogP contribution in [0.2, 0.25) is 0 Å².